The highest BCUT2D eigenvalue weighted by atomic mass is 35.5. The van der Waals surface area contributed by atoms with Crippen LogP contribution in [0.2, 0.25) is 5.02 Å². The van der Waals surface area contributed by atoms with Gasteiger partial charge in [-0.15, -0.1) is 0 Å². The molecule has 1 aliphatic rings. The average molecular weight is 324 g/mol. The molecule has 0 bridgehead atoms. The van der Waals surface area contributed by atoms with Crippen molar-refractivity contribution < 1.29 is 9.59 Å². The predicted molar refractivity (Wildman–Crippen MR) is 86.6 cm³/mol. The average Bonchev–Trinajstić information content (AvgIpc) is 2.73. The fourth-order valence-electron chi connectivity index (χ4n) is 2.87. The van der Waals surface area contributed by atoms with E-state index < -0.39 is 6.03 Å². The van der Waals surface area contributed by atoms with Gasteiger partial charge in [0, 0.05) is 24.5 Å². The SMILES string of the molecule is NC(=O)NCCC(=O)N1CCCCC[C@H]1c1ccc(Cl)cc1. The lowest BCUT2D eigenvalue weighted by Gasteiger charge is -2.30. The molecule has 0 saturated carbocycles. The fraction of sp³-hybridized carbons (Fsp3) is 0.500. The van der Waals surface area contributed by atoms with Crippen LogP contribution in [0.25, 0.3) is 0 Å². The van der Waals surface area contributed by atoms with Crippen molar-refractivity contribution in [1.82, 2.24) is 10.2 Å². The van der Waals surface area contributed by atoms with Crippen molar-refractivity contribution in [2.24, 2.45) is 5.73 Å². The number of benzene rings is 1. The van der Waals surface area contributed by atoms with Gasteiger partial charge in [0.15, 0.2) is 0 Å². The molecule has 1 aliphatic heterocycles. The van der Waals surface area contributed by atoms with Crippen molar-refractivity contribution in [1.29, 1.82) is 0 Å². The molecule has 0 aromatic heterocycles. The summed E-state index contributed by atoms with van der Waals surface area (Å²) in [5.74, 6) is 0.0515. The molecular weight excluding hydrogens is 302 g/mol. The van der Waals surface area contributed by atoms with Gasteiger partial charge in [-0.2, -0.15) is 0 Å². The van der Waals surface area contributed by atoms with Gasteiger partial charge in [0.1, 0.15) is 0 Å². The summed E-state index contributed by atoms with van der Waals surface area (Å²) in [6.45, 7) is 1.03. The van der Waals surface area contributed by atoms with E-state index in [0.717, 1.165) is 37.8 Å². The molecule has 0 unspecified atom stereocenters. The normalized spacial score (nSPS) is 18.6. The van der Waals surface area contributed by atoms with Gasteiger partial charge >= 0.3 is 6.03 Å². The monoisotopic (exact) mass is 323 g/mol. The molecule has 0 radical (unpaired) electrons. The zero-order valence-corrected chi connectivity index (χ0v) is 13.3. The number of rotatable bonds is 4. The van der Waals surface area contributed by atoms with Crippen LogP contribution in [0.3, 0.4) is 0 Å². The molecule has 1 heterocycles. The van der Waals surface area contributed by atoms with Crippen molar-refractivity contribution in [3.05, 3.63) is 34.9 Å². The van der Waals surface area contributed by atoms with Gasteiger partial charge < -0.3 is 16.0 Å². The molecule has 1 saturated heterocycles. The number of carbonyl (C=O) groups excluding carboxylic acids is 2. The van der Waals surface area contributed by atoms with E-state index in [9.17, 15) is 9.59 Å². The molecule has 22 heavy (non-hydrogen) atoms. The molecule has 5 nitrogen and oxygen atoms in total. The first-order chi connectivity index (χ1) is 10.6. The topological polar surface area (TPSA) is 75.4 Å². The van der Waals surface area contributed by atoms with Crippen molar-refractivity contribution in [3.8, 4) is 0 Å². The van der Waals surface area contributed by atoms with Gasteiger partial charge in [-0.05, 0) is 30.5 Å². The fourth-order valence-corrected chi connectivity index (χ4v) is 3.00. The van der Waals surface area contributed by atoms with Crippen LogP contribution in [-0.2, 0) is 4.79 Å². The Kier molecular flexibility index (Phi) is 6.07. The van der Waals surface area contributed by atoms with Gasteiger partial charge in [-0.1, -0.05) is 36.6 Å². The second kappa shape index (κ2) is 8.03. The van der Waals surface area contributed by atoms with Gasteiger partial charge in [0.25, 0.3) is 0 Å². The number of urea groups is 1. The third-order valence-corrected chi connectivity index (χ3v) is 4.22. The molecule has 3 N–H and O–H groups in total. The van der Waals surface area contributed by atoms with Crippen LogP contribution >= 0.6 is 11.6 Å². The Bertz CT molecular complexity index is 519. The maximum atomic E-state index is 12.5. The van der Waals surface area contributed by atoms with Gasteiger partial charge in [-0.25, -0.2) is 4.79 Å². The largest absolute Gasteiger partial charge is 0.352 e. The van der Waals surface area contributed by atoms with Crippen molar-refractivity contribution >= 4 is 23.5 Å². The van der Waals surface area contributed by atoms with E-state index in [1.54, 1.807) is 0 Å². The lowest BCUT2D eigenvalue weighted by molar-refractivity contribution is -0.133. The smallest absolute Gasteiger partial charge is 0.312 e. The molecule has 1 aromatic carbocycles. The Labute approximate surface area is 135 Å². The summed E-state index contributed by atoms with van der Waals surface area (Å²) in [5.41, 5.74) is 6.14. The van der Waals surface area contributed by atoms with E-state index in [1.165, 1.54) is 0 Å². The van der Waals surface area contributed by atoms with E-state index in [4.69, 9.17) is 17.3 Å². The number of carbonyl (C=O) groups is 2. The zero-order valence-electron chi connectivity index (χ0n) is 12.6. The highest BCUT2D eigenvalue weighted by Crippen LogP contribution is 2.31. The minimum Gasteiger partial charge on any atom is -0.352 e. The maximum absolute atomic E-state index is 12.5. The second-order valence-corrected chi connectivity index (χ2v) is 5.98. The Balaban J connectivity index is 2.08. The number of nitrogens with two attached hydrogens (primary N) is 1. The summed E-state index contributed by atoms with van der Waals surface area (Å²) in [7, 11) is 0. The lowest BCUT2D eigenvalue weighted by Crippen LogP contribution is -2.38. The van der Waals surface area contributed by atoms with Crippen LogP contribution in [0.5, 0.6) is 0 Å². The van der Waals surface area contributed by atoms with Crippen LogP contribution < -0.4 is 11.1 Å². The highest BCUT2D eigenvalue weighted by Gasteiger charge is 2.26. The molecule has 3 amide bonds. The van der Waals surface area contributed by atoms with E-state index in [2.05, 4.69) is 5.32 Å². The summed E-state index contributed by atoms with van der Waals surface area (Å²) in [4.78, 5) is 25.1. The molecular formula is C16H22ClN3O2. The van der Waals surface area contributed by atoms with Gasteiger partial charge in [-0.3, -0.25) is 4.79 Å². The summed E-state index contributed by atoms with van der Waals surface area (Å²) >= 11 is 5.95. The molecule has 1 aromatic rings. The van der Waals surface area contributed by atoms with Crippen LogP contribution in [0.4, 0.5) is 4.79 Å². The second-order valence-electron chi connectivity index (χ2n) is 5.54. The predicted octanol–water partition coefficient (Wildman–Crippen LogP) is 2.84. The Morgan fingerprint density at radius 1 is 1.23 bits per heavy atom. The standard InChI is InChI=1S/C16H22ClN3O2/c17-13-7-5-12(6-8-13)14-4-2-1-3-11-20(14)15(21)9-10-19-16(18)22/h5-8,14H,1-4,9-11H2,(H3,18,19,22)/t14-/m0/s1. The molecule has 1 atom stereocenters. The maximum Gasteiger partial charge on any atom is 0.312 e. The molecule has 6 heteroatoms. The van der Waals surface area contributed by atoms with Crippen LogP contribution in [0.15, 0.2) is 24.3 Å². The first-order valence-electron chi connectivity index (χ1n) is 7.66. The van der Waals surface area contributed by atoms with E-state index in [0.29, 0.717) is 5.02 Å². The zero-order chi connectivity index (χ0) is 15.9. The quantitative estimate of drug-likeness (QED) is 0.894. The summed E-state index contributed by atoms with van der Waals surface area (Å²) < 4.78 is 0. The van der Waals surface area contributed by atoms with E-state index in [1.807, 2.05) is 29.2 Å². The highest BCUT2D eigenvalue weighted by molar-refractivity contribution is 6.30. The number of hydrogen-bond acceptors (Lipinski definition) is 2. The van der Waals surface area contributed by atoms with Gasteiger partial charge in [0.05, 0.1) is 6.04 Å². The van der Waals surface area contributed by atoms with Crippen molar-refractivity contribution in [2.75, 3.05) is 13.1 Å². The van der Waals surface area contributed by atoms with Crippen LogP contribution in [-0.4, -0.2) is 29.9 Å². The number of halogens is 1. The Morgan fingerprint density at radius 2 is 1.95 bits per heavy atom. The number of likely N-dealkylation sites (tertiary alicyclic amines) is 1. The molecule has 120 valence electrons. The number of amides is 3. The first kappa shape index (κ1) is 16.6. The molecule has 0 aliphatic carbocycles. The summed E-state index contributed by atoms with van der Waals surface area (Å²) in [6.07, 6.45) is 4.48. The van der Waals surface area contributed by atoms with Gasteiger partial charge in [0.2, 0.25) is 5.91 Å². The van der Waals surface area contributed by atoms with Crippen molar-refractivity contribution in [2.45, 2.75) is 38.1 Å². The Hall–Kier alpha value is -1.75. The third-order valence-electron chi connectivity index (χ3n) is 3.97. The number of nitrogens with one attached hydrogen (secondary N) is 1. The Morgan fingerprint density at radius 3 is 2.64 bits per heavy atom. The minimum absolute atomic E-state index is 0.0515. The van der Waals surface area contributed by atoms with E-state index in [-0.39, 0.29) is 24.9 Å². The van der Waals surface area contributed by atoms with Crippen molar-refractivity contribution in [3.63, 3.8) is 0 Å². The molecule has 2 rings (SSSR count). The lowest BCUT2D eigenvalue weighted by atomic mass is 10.0. The molecule has 1 fully saturated rings. The number of primary amides is 1. The number of nitrogens with zero attached hydrogens (tertiary/aromatic N) is 1. The first-order valence-corrected chi connectivity index (χ1v) is 8.04. The molecule has 0 spiro atoms. The van der Waals surface area contributed by atoms with Crippen LogP contribution in [0, 0.1) is 0 Å². The van der Waals surface area contributed by atoms with Crippen LogP contribution in [0.1, 0.15) is 43.7 Å². The minimum atomic E-state index is -0.599. The van der Waals surface area contributed by atoms with E-state index >= 15 is 0 Å². The third kappa shape index (κ3) is 4.63. The summed E-state index contributed by atoms with van der Waals surface area (Å²) in [6, 6.07) is 7.18. The summed E-state index contributed by atoms with van der Waals surface area (Å²) in [5, 5.41) is 3.16. The number of hydrogen-bond donors (Lipinski definition) is 2.